The third-order valence-electron chi connectivity index (χ3n) is 2.86. The lowest BCUT2D eigenvalue weighted by Gasteiger charge is -2.27. The van der Waals surface area contributed by atoms with E-state index in [0.29, 0.717) is 11.6 Å². The number of halogens is 1. The fraction of sp³-hybridized carbons (Fsp3) is 0.600. The maximum atomic E-state index is 11.8. The molecule has 1 amide bonds. The van der Waals surface area contributed by atoms with Gasteiger partial charge in [0.1, 0.15) is 5.69 Å². The third kappa shape index (κ3) is 2.32. The fourth-order valence-electron chi connectivity index (χ4n) is 1.97. The number of nitrogens with zero attached hydrogens (tertiary/aromatic N) is 1. The third-order valence-corrected chi connectivity index (χ3v) is 3.96. The smallest absolute Gasteiger partial charge is 0.271 e. The van der Waals surface area contributed by atoms with Crippen LogP contribution in [0, 0.1) is 0 Å². The second-order valence-electron chi connectivity index (χ2n) is 3.95. The van der Waals surface area contributed by atoms with Crippen molar-refractivity contribution in [2.75, 3.05) is 5.88 Å². The van der Waals surface area contributed by atoms with Crippen LogP contribution in [0.25, 0.3) is 0 Å². The van der Waals surface area contributed by atoms with Crippen molar-refractivity contribution in [1.82, 2.24) is 10.3 Å². The van der Waals surface area contributed by atoms with E-state index in [4.69, 9.17) is 11.6 Å². The van der Waals surface area contributed by atoms with E-state index < -0.39 is 0 Å². The second-order valence-corrected chi connectivity index (χ2v) is 4.93. The van der Waals surface area contributed by atoms with Crippen LogP contribution in [0.15, 0.2) is 10.9 Å². The zero-order valence-corrected chi connectivity index (χ0v) is 9.90. The van der Waals surface area contributed by atoms with Gasteiger partial charge in [-0.3, -0.25) is 4.79 Å². The van der Waals surface area contributed by atoms with Crippen LogP contribution in [0.1, 0.15) is 36.2 Å². The van der Waals surface area contributed by atoms with Crippen molar-refractivity contribution >= 4 is 28.8 Å². The van der Waals surface area contributed by atoms with E-state index in [1.807, 2.05) is 0 Å². The summed E-state index contributed by atoms with van der Waals surface area (Å²) in [5.41, 5.74) is 1.97. The molecule has 2 rings (SSSR count). The summed E-state index contributed by atoms with van der Waals surface area (Å²) < 4.78 is 0. The van der Waals surface area contributed by atoms with Crippen molar-refractivity contribution in [3.8, 4) is 0 Å². The molecule has 1 saturated carbocycles. The molecule has 1 fully saturated rings. The summed E-state index contributed by atoms with van der Waals surface area (Å²) in [5.74, 6) is 0.391. The average molecular weight is 245 g/mol. The highest BCUT2D eigenvalue weighted by molar-refractivity contribution is 7.07. The predicted molar refractivity (Wildman–Crippen MR) is 61.5 cm³/mol. The van der Waals surface area contributed by atoms with Crippen LogP contribution in [-0.2, 0) is 0 Å². The lowest BCUT2D eigenvalue weighted by atomic mass is 10.0. The Balaban J connectivity index is 2.04. The largest absolute Gasteiger partial charge is 0.344 e. The molecule has 0 aliphatic heterocycles. The summed E-state index contributed by atoms with van der Waals surface area (Å²) in [6.07, 6.45) is 4.24. The van der Waals surface area contributed by atoms with Crippen molar-refractivity contribution < 1.29 is 4.79 Å². The van der Waals surface area contributed by atoms with Gasteiger partial charge in [-0.1, -0.05) is 12.8 Å². The lowest BCUT2D eigenvalue weighted by Crippen LogP contribution is -2.48. The molecule has 1 aromatic rings. The van der Waals surface area contributed by atoms with E-state index in [1.54, 1.807) is 10.9 Å². The van der Waals surface area contributed by atoms with E-state index in [-0.39, 0.29) is 11.4 Å². The van der Waals surface area contributed by atoms with Crippen molar-refractivity contribution in [3.63, 3.8) is 0 Å². The number of alkyl halides is 1. The highest BCUT2D eigenvalue weighted by Crippen LogP contribution is 2.30. The Morgan fingerprint density at radius 1 is 1.60 bits per heavy atom. The Bertz CT molecular complexity index is 333. The summed E-state index contributed by atoms with van der Waals surface area (Å²) in [6.45, 7) is 0. The second kappa shape index (κ2) is 4.49. The number of carbonyl (C=O) groups is 1. The number of thiazole rings is 1. The van der Waals surface area contributed by atoms with Gasteiger partial charge in [0.25, 0.3) is 5.91 Å². The van der Waals surface area contributed by atoms with Gasteiger partial charge in [0, 0.05) is 11.3 Å². The number of nitrogens with one attached hydrogen (secondary N) is 1. The number of carbonyl (C=O) groups excluding carboxylic acids is 1. The summed E-state index contributed by atoms with van der Waals surface area (Å²) in [5, 5.41) is 4.77. The Labute approximate surface area is 97.9 Å². The summed E-state index contributed by atoms with van der Waals surface area (Å²) in [4.78, 5) is 15.8. The van der Waals surface area contributed by atoms with Gasteiger partial charge in [-0.05, 0) is 12.8 Å². The van der Waals surface area contributed by atoms with Gasteiger partial charge in [-0.2, -0.15) is 0 Å². The summed E-state index contributed by atoms with van der Waals surface area (Å²) in [7, 11) is 0. The van der Waals surface area contributed by atoms with Gasteiger partial charge >= 0.3 is 0 Å². The van der Waals surface area contributed by atoms with E-state index >= 15 is 0 Å². The zero-order valence-electron chi connectivity index (χ0n) is 8.33. The molecule has 0 atom stereocenters. The molecule has 1 aliphatic carbocycles. The first-order chi connectivity index (χ1) is 7.26. The molecule has 15 heavy (non-hydrogen) atoms. The van der Waals surface area contributed by atoms with Crippen LogP contribution in [0.4, 0.5) is 0 Å². The minimum atomic E-state index is -0.192. The van der Waals surface area contributed by atoms with Crippen LogP contribution < -0.4 is 5.32 Å². The van der Waals surface area contributed by atoms with Crippen LogP contribution in [0.5, 0.6) is 0 Å². The molecule has 5 heteroatoms. The molecule has 1 aliphatic rings. The highest BCUT2D eigenvalue weighted by atomic mass is 35.5. The van der Waals surface area contributed by atoms with Crippen LogP contribution in [-0.4, -0.2) is 22.3 Å². The number of rotatable bonds is 3. The van der Waals surface area contributed by atoms with Gasteiger partial charge in [-0.15, -0.1) is 22.9 Å². The normalized spacial score (nSPS) is 19.0. The quantitative estimate of drug-likeness (QED) is 0.830. The zero-order chi connectivity index (χ0) is 10.7. The van der Waals surface area contributed by atoms with Crippen molar-refractivity contribution in [3.05, 3.63) is 16.6 Å². The van der Waals surface area contributed by atoms with Crippen molar-refractivity contribution in [2.45, 2.75) is 31.2 Å². The highest BCUT2D eigenvalue weighted by Gasteiger charge is 2.34. The van der Waals surface area contributed by atoms with Crippen LogP contribution in [0.2, 0.25) is 0 Å². The van der Waals surface area contributed by atoms with Crippen molar-refractivity contribution in [2.24, 2.45) is 0 Å². The number of hydrogen-bond donors (Lipinski definition) is 1. The van der Waals surface area contributed by atoms with E-state index in [9.17, 15) is 4.79 Å². The molecule has 0 unspecified atom stereocenters. The molecule has 1 N–H and O–H groups in total. The maximum Gasteiger partial charge on any atom is 0.271 e. The van der Waals surface area contributed by atoms with Crippen LogP contribution in [0.3, 0.4) is 0 Å². The van der Waals surface area contributed by atoms with Gasteiger partial charge < -0.3 is 5.32 Å². The minimum Gasteiger partial charge on any atom is -0.344 e. The Morgan fingerprint density at radius 2 is 2.33 bits per heavy atom. The van der Waals surface area contributed by atoms with E-state index in [1.165, 1.54) is 11.3 Å². The molecule has 1 heterocycles. The lowest BCUT2D eigenvalue weighted by molar-refractivity contribution is 0.0905. The predicted octanol–water partition coefficient (Wildman–Crippen LogP) is 2.42. The summed E-state index contributed by atoms with van der Waals surface area (Å²) >= 11 is 7.36. The monoisotopic (exact) mass is 244 g/mol. The van der Waals surface area contributed by atoms with Gasteiger partial charge in [0.15, 0.2) is 0 Å². The molecular formula is C10H13ClN2OS. The average Bonchev–Trinajstić information content (AvgIpc) is 2.88. The Morgan fingerprint density at radius 3 is 2.87 bits per heavy atom. The minimum absolute atomic E-state index is 0.0983. The summed E-state index contributed by atoms with van der Waals surface area (Å²) in [6, 6.07) is 0. The SMILES string of the molecule is O=C(NC1(CCl)CCCC1)c1cscn1. The Kier molecular flexibility index (Phi) is 3.26. The number of amides is 1. The molecule has 1 aromatic heterocycles. The first-order valence-electron chi connectivity index (χ1n) is 5.02. The van der Waals surface area contributed by atoms with Crippen molar-refractivity contribution in [1.29, 1.82) is 0 Å². The standard InChI is InChI=1S/C10H13ClN2OS/c11-6-10(3-1-2-4-10)13-9(14)8-5-15-7-12-8/h5,7H,1-4,6H2,(H,13,14). The van der Waals surface area contributed by atoms with Gasteiger partial charge in [0.05, 0.1) is 11.0 Å². The molecule has 0 aromatic carbocycles. The van der Waals surface area contributed by atoms with Gasteiger partial charge in [0.2, 0.25) is 0 Å². The molecule has 0 saturated heterocycles. The Hall–Kier alpha value is -0.610. The first-order valence-corrected chi connectivity index (χ1v) is 6.50. The molecular weight excluding hydrogens is 232 g/mol. The molecule has 0 radical (unpaired) electrons. The molecule has 0 bridgehead atoms. The number of hydrogen-bond acceptors (Lipinski definition) is 3. The molecule has 0 spiro atoms. The fourth-order valence-corrected chi connectivity index (χ4v) is 2.84. The van der Waals surface area contributed by atoms with E-state index in [2.05, 4.69) is 10.3 Å². The maximum absolute atomic E-state index is 11.8. The first kappa shape index (κ1) is 10.9. The van der Waals surface area contributed by atoms with Gasteiger partial charge in [-0.25, -0.2) is 4.98 Å². The van der Waals surface area contributed by atoms with Crippen LogP contribution >= 0.6 is 22.9 Å². The topological polar surface area (TPSA) is 42.0 Å². The molecule has 82 valence electrons. The molecule has 3 nitrogen and oxygen atoms in total. The van der Waals surface area contributed by atoms with E-state index in [0.717, 1.165) is 25.7 Å². The number of aromatic nitrogens is 1.